The second kappa shape index (κ2) is 2.23. The average Bonchev–Trinajstić information content (AvgIpc) is 2.76. The molecule has 13 heavy (non-hydrogen) atoms. The number of fused-ring (bicyclic) bond motifs is 1. The lowest BCUT2D eigenvalue weighted by Gasteiger charge is -2.10. The van der Waals surface area contributed by atoms with Crippen molar-refractivity contribution in [2.45, 2.75) is 17.9 Å². The summed E-state index contributed by atoms with van der Waals surface area (Å²) in [6, 6.07) is 0. The lowest BCUT2D eigenvalue weighted by molar-refractivity contribution is -0.175. The van der Waals surface area contributed by atoms with Gasteiger partial charge in [-0.15, -0.1) is 0 Å². The third kappa shape index (κ3) is 1.11. The van der Waals surface area contributed by atoms with Crippen molar-refractivity contribution in [3.8, 4) is 0 Å². The van der Waals surface area contributed by atoms with E-state index >= 15 is 0 Å². The van der Waals surface area contributed by atoms with Crippen LogP contribution in [0.1, 0.15) is 0 Å². The molecule has 2 unspecified atom stereocenters. The number of rotatable bonds is 1. The van der Waals surface area contributed by atoms with E-state index in [0.717, 1.165) is 6.08 Å². The van der Waals surface area contributed by atoms with E-state index < -0.39 is 23.7 Å². The Morgan fingerprint density at radius 2 is 2.08 bits per heavy atom. The number of hydrogen-bond acceptors (Lipinski definition) is 2. The van der Waals surface area contributed by atoms with Gasteiger partial charge in [0.2, 0.25) is 0 Å². The fourth-order valence-corrected chi connectivity index (χ4v) is 1.34. The molecule has 1 saturated heterocycles. The SMILES string of the molecule is O=C(C(F)(F)F)C12C=CC=CC1O2. The zero-order valence-corrected chi connectivity index (χ0v) is 6.34. The molecule has 2 rings (SSSR count). The minimum absolute atomic E-state index is 0.730. The quantitative estimate of drug-likeness (QED) is 0.584. The second-order valence-electron chi connectivity index (χ2n) is 2.90. The normalized spacial score (nSPS) is 35.8. The Bertz CT molecular complexity index is 316. The Morgan fingerprint density at radius 3 is 2.62 bits per heavy atom. The maximum Gasteiger partial charge on any atom is 0.453 e. The first-order valence-corrected chi connectivity index (χ1v) is 3.62. The predicted molar refractivity (Wildman–Crippen MR) is 36.9 cm³/mol. The zero-order chi connectivity index (χ0) is 9.69. The maximum absolute atomic E-state index is 12.0. The maximum atomic E-state index is 12.0. The predicted octanol–water partition coefficient (Wildman–Crippen LogP) is 1.38. The van der Waals surface area contributed by atoms with Crippen molar-refractivity contribution in [1.29, 1.82) is 0 Å². The highest BCUT2D eigenvalue weighted by atomic mass is 19.4. The van der Waals surface area contributed by atoms with Gasteiger partial charge in [0.1, 0.15) is 6.10 Å². The number of carbonyl (C=O) groups excluding carboxylic acids is 1. The third-order valence-electron chi connectivity index (χ3n) is 2.04. The van der Waals surface area contributed by atoms with Gasteiger partial charge in [0.25, 0.3) is 5.78 Å². The summed E-state index contributed by atoms with van der Waals surface area (Å²) in [7, 11) is 0. The van der Waals surface area contributed by atoms with Gasteiger partial charge in [-0.1, -0.05) is 18.2 Å². The van der Waals surface area contributed by atoms with Crippen molar-refractivity contribution >= 4 is 5.78 Å². The first-order chi connectivity index (χ1) is 5.97. The Kier molecular flexibility index (Phi) is 1.46. The molecule has 2 nitrogen and oxygen atoms in total. The second-order valence-corrected chi connectivity index (χ2v) is 2.90. The van der Waals surface area contributed by atoms with E-state index in [-0.39, 0.29) is 0 Å². The molecule has 0 amide bonds. The van der Waals surface area contributed by atoms with E-state index in [2.05, 4.69) is 0 Å². The van der Waals surface area contributed by atoms with Crippen molar-refractivity contribution in [3.05, 3.63) is 24.3 Å². The molecule has 70 valence electrons. The number of alkyl halides is 3. The molecule has 5 heteroatoms. The van der Waals surface area contributed by atoms with E-state index in [0.29, 0.717) is 0 Å². The zero-order valence-electron chi connectivity index (χ0n) is 6.34. The van der Waals surface area contributed by atoms with Crippen LogP contribution in [-0.2, 0) is 9.53 Å². The van der Waals surface area contributed by atoms with Crippen LogP contribution in [0.25, 0.3) is 0 Å². The molecule has 1 heterocycles. The van der Waals surface area contributed by atoms with Crippen LogP contribution in [0.4, 0.5) is 13.2 Å². The average molecular weight is 190 g/mol. The Balaban J connectivity index is 2.25. The van der Waals surface area contributed by atoms with Crippen LogP contribution < -0.4 is 0 Å². The molecular formula is C8H5F3O2. The standard InChI is InChI=1S/C8H5F3O2/c9-8(10,11)6(12)7-4-2-1-3-5(7)13-7/h1-5H. The van der Waals surface area contributed by atoms with E-state index in [9.17, 15) is 18.0 Å². The Hall–Kier alpha value is -1.10. The molecule has 1 aliphatic heterocycles. The molecule has 1 fully saturated rings. The van der Waals surface area contributed by atoms with Crippen LogP contribution in [0.5, 0.6) is 0 Å². The number of carbonyl (C=O) groups is 1. The van der Waals surface area contributed by atoms with Gasteiger partial charge in [0, 0.05) is 0 Å². The van der Waals surface area contributed by atoms with Gasteiger partial charge in [0.15, 0.2) is 5.60 Å². The molecule has 0 bridgehead atoms. The molecule has 0 spiro atoms. The molecule has 0 N–H and O–H groups in total. The van der Waals surface area contributed by atoms with Gasteiger partial charge in [-0.05, 0) is 6.08 Å². The van der Waals surface area contributed by atoms with Crippen LogP contribution in [0, 0.1) is 0 Å². The van der Waals surface area contributed by atoms with Crippen molar-refractivity contribution in [2.24, 2.45) is 0 Å². The first kappa shape index (κ1) is 8.50. The summed E-state index contributed by atoms with van der Waals surface area (Å²) in [6.45, 7) is 0. The fourth-order valence-electron chi connectivity index (χ4n) is 1.34. The van der Waals surface area contributed by atoms with E-state index in [1.807, 2.05) is 0 Å². The molecule has 0 saturated carbocycles. The fraction of sp³-hybridized carbons (Fsp3) is 0.375. The van der Waals surface area contributed by atoms with Crippen molar-refractivity contribution < 1.29 is 22.7 Å². The number of ketones is 1. The summed E-state index contributed by atoms with van der Waals surface area (Å²) in [4.78, 5) is 10.8. The van der Waals surface area contributed by atoms with Gasteiger partial charge in [-0.3, -0.25) is 4.79 Å². The Labute approximate surface area is 71.7 Å². The highest BCUT2D eigenvalue weighted by molar-refractivity contribution is 5.97. The summed E-state index contributed by atoms with van der Waals surface area (Å²) < 4.78 is 40.8. The molecule has 0 aromatic carbocycles. The topological polar surface area (TPSA) is 29.6 Å². The van der Waals surface area contributed by atoms with Crippen LogP contribution in [0.15, 0.2) is 24.3 Å². The summed E-state index contributed by atoms with van der Waals surface area (Å²) in [5.41, 5.74) is -1.74. The minimum Gasteiger partial charge on any atom is -0.348 e. The lowest BCUT2D eigenvalue weighted by Crippen LogP contribution is -2.37. The summed E-state index contributed by atoms with van der Waals surface area (Å²) >= 11 is 0. The smallest absolute Gasteiger partial charge is 0.348 e. The molecule has 0 radical (unpaired) electrons. The molecule has 0 aromatic heterocycles. The van der Waals surface area contributed by atoms with Crippen LogP contribution >= 0.6 is 0 Å². The number of ether oxygens (including phenoxy) is 1. The van der Waals surface area contributed by atoms with Crippen LogP contribution in [0.2, 0.25) is 0 Å². The van der Waals surface area contributed by atoms with Crippen LogP contribution in [-0.4, -0.2) is 23.7 Å². The first-order valence-electron chi connectivity index (χ1n) is 3.62. The van der Waals surface area contributed by atoms with Crippen molar-refractivity contribution in [1.82, 2.24) is 0 Å². The van der Waals surface area contributed by atoms with E-state index in [1.165, 1.54) is 12.2 Å². The van der Waals surface area contributed by atoms with Gasteiger partial charge < -0.3 is 4.74 Å². The Morgan fingerprint density at radius 1 is 1.38 bits per heavy atom. The third-order valence-corrected chi connectivity index (χ3v) is 2.04. The highest BCUT2D eigenvalue weighted by Crippen LogP contribution is 2.45. The van der Waals surface area contributed by atoms with E-state index in [4.69, 9.17) is 4.74 Å². The highest BCUT2D eigenvalue weighted by Gasteiger charge is 2.67. The number of Topliss-reactive ketones (excluding diaryl/α,β-unsaturated/α-hetero) is 1. The number of allylic oxidation sites excluding steroid dienone is 2. The molecule has 0 aromatic rings. The van der Waals surface area contributed by atoms with Gasteiger partial charge in [-0.25, -0.2) is 0 Å². The number of halogens is 3. The largest absolute Gasteiger partial charge is 0.453 e. The molecular weight excluding hydrogens is 185 g/mol. The minimum atomic E-state index is -4.83. The number of epoxide rings is 1. The molecule has 2 aliphatic rings. The summed E-state index contributed by atoms with van der Waals surface area (Å²) in [5.74, 6) is -1.83. The summed E-state index contributed by atoms with van der Waals surface area (Å²) in [6.07, 6.45) is -0.0414. The summed E-state index contributed by atoms with van der Waals surface area (Å²) in [5, 5.41) is 0. The van der Waals surface area contributed by atoms with Crippen LogP contribution in [0.3, 0.4) is 0 Å². The van der Waals surface area contributed by atoms with Gasteiger partial charge in [-0.2, -0.15) is 13.2 Å². The van der Waals surface area contributed by atoms with Gasteiger partial charge >= 0.3 is 6.18 Å². The van der Waals surface area contributed by atoms with Crippen molar-refractivity contribution in [3.63, 3.8) is 0 Å². The van der Waals surface area contributed by atoms with E-state index in [1.54, 1.807) is 6.08 Å². The van der Waals surface area contributed by atoms with Gasteiger partial charge in [0.05, 0.1) is 0 Å². The lowest BCUT2D eigenvalue weighted by atomic mass is 9.95. The van der Waals surface area contributed by atoms with Crippen molar-refractivity contribution in [2.75, 3.05) is 0 Å². The number of hydrogen-bond donors (Lipinski definition) is 0. The molecule has 1 aliphatic carbocycles. The molecule has 2 atom stereocenters. The monoisotopic (exact) mass is 190 g/mol.